The molecule has 136 valence electrons. The molecule has 0 saturated heterocycles. The summed E-state index contributed by atoms with van der Waals surface area (Å²) in [4.78, 5) is 22.7. The first-order chi connectivity index (χ1) is 12.5. The van der Waals surface area contributed by atoms with Gasteiger partial charge in [-0.3, -0.25) is 9.59 Å². The molecule has 0 heterocycles. The molecule has 0 bridgehead atoms. The Morgan fingerprint density at radius 3 is 2.15 bits per heavy atom. The van der Waals surface area contributed by atoms with Gasteiger partial charge in [0, 0.05) is 30.0 Å². The van der Waals surface area contributed by atoms with Crippen molar-refractivity contribution >= 4 is 23.6 Å². The number of ether oxygens (including phenoxy) is 3. The van der Waals surface area contributed by atoms with E-state index in [1.54, 1.807) is 48.5 Å². The summed E-state index contributed by atoms with van der Waals surface area (Å²) in [6.07, 6.45) is 3.07. The van der Waals surface area contributed by atoms with Crippen LogP contribution in [0.15, 0.2) is 48.5 Å². The Morgan fingerprint density at radius 1 is 1.00 bits per heavy atom. The highest BCUT2D eigenvalue weighted by atomic mass is 16.5. The highest BCUT2D eigenvalue weighted by Crippen LogP contribution is 2.25. The van der Waals surface area contributed by atoms with Crippen LogP contribution in [-0.4, -0.2) is 32.6 Å². The van der Waals surface area contributed by atoms with E-state index in [0.29, 0.717) is 22.9 Å². The maximum absolute atomic E-state index is 12.1. The first kappa shape index (κ1) is 18.9. The molecule has 3 N–H and O–H groups in total. The molecular weight excluding hydrogens is 336 g/mol. The van der Waals surface area contributed by atoms with E-state index in [0.717, 1.165) is 5.56 Å². The molecule has 0 fully saturated rings. The number of methoxy groups -OCH3 is 2. The summed E-state index contributed by atoms with van der Waals surface area (Å²) in [6, 6.07) is 12.0. The quantitative estimate of drug-likeness (QED) is 0.707. The van der Waals surface area contributed by atoms with E-state index >= 15 is 0 Å². The Balaban J connectivity index is 1.97. The minimum absolute atomic E-state index is 0.179. The van der Waals surface area contributed by atoms with Gasteiger partial charge in [-0.1, -0.05) is 12.1 Å². The van der Waals surface area contributed by atoms with Gasteiger partial charge < -0.3 is 25.3 Å². The molecule has 7 nitrogen and oxygen atoms in total. The Kier molecular flexibility index (Phi) is 6.61. The third-order valence-electron chi connectivity index (χ3n) is 3.31. The van der Waals surface area contributed by atoms with Crippen LogP contribution >= 0.6 is 0 Å². The van der Waals surface area contributed by atoms with E-state index in [9.17, 15) is 9.59 Å². The van der Waals surface area contributed by atoms with Crippen molar-refractivity contribution < 1.29 is 23.8 Å². The van der Waals surface area contributed by atoms with Crippen LogP contribution in [0.4, 0.5) is 5.69 Å². The molecule has 0 unspecified atom stereocenters. The molecule has 0 radical (unpaired) electrons. The number of nitrogens with two attached hydrogens (primary N) is 1. The number of amides is 2. The smallest absolute Gasteiger partial charge is 0.255 e. The molecule has 7 heteroatoms. The number of benzene rings is 2. The lowest BCUT2D eigenvalue weighted by Crippen LogP contribution is -2.19. The third-order valence-corrected chi connectivity index (χ3v) is 3.31. The van der Waals surface area contributed by atoms with Crippen LogP contribution in [0.1, 0.15) is 5.56 Å². The van der Waals surface area contributed by atoms with E-state index < -0.39 is 5.91 Å². The average Bonchev–Trinajstić information content (AvgIpc) is 2.65. The summed E-state index contributed by atoms with van der Waals surface area (Å²) < 4.78 is 15.5. The maximum atomic E-state index is 12.1. The molecule has 0 aliphatic rings. The average molecular weight is 356 g/mol. The molecule has 0 aliphatic heterocycles. The molecule has 0 spiro atoms. The van der Waals surface area contributed by atoms with E-state index in [4.69, 9.17) is 19.9 Å². The highest BCUT2D eigenvalue weighted by molar-refractivity contribution is 6.02. The number of nitrogens with one attached hydrogen (secondary N) is 1. The van der Waals surface area contributed by atoms with Crippen LogP contribution in [0.25, 0.3) is 6.08 Å². The number of hydrogen-bond acceptors (Lipinski definition) is 5. The molecule has 2 aromatic rings. The van der Waals surface area contributed by atoms with Crippen molar-refractivity contribution in [1.82, 2.24) is 0 Å². The number of hydrogen-bond donors (Lipinski definition) is 2. The van der Waals surface area contributed by atoms with Gasteiger partial charge in [0.15, 0.2) is 6.61 Å². The van der Waals surface area contributed by atoms with Gasteiger partial charge in [0.1, 0.15) is 17.2 Å². The lowest BCUT2D eigenvalue weighted by atomic mass is 10.2. The molecule has 0 aromatic heterocycles. The van der Waals surface area contributed by atoms with Gasteiger partial charge in [-0.2, -0.15) is 0 Å². The summed E-state index contributed by atoms with van der Waals surface area (Å²) >= 11 is 0. The Hall–Kier alpha value is -3.48. The van der Waals surface area contributed by atoms with Gasteiger partial charge in [-0.15, -0.1) is 0 Å². The van der Waals surface area contributed by atoms with E-state index in [1.807, 2.05) is 0 Å². The van der Waals surface area contributed by atoms with Crippen LogP contribution in [-0.2, 0) is 9.59 Å². The molecule has 0 aliphatic carbocycles. The van der Waals surface area contributed by atoms with E-state index in [-0.39, 0.29) is 12.5 Å². The summed E-state index contributed by atoms with van der Waals surface area (Å²) in [7, 11) is 3.08. The van der Waals surface area contributed by atoms with E-state index in [2.05, 4.69) is 5.32 Å². The Morgan fingerprint density at radius 2 is 1.62 bits per heavy atom. The molecule has 2 rings (SSSR count). The second-order valence-electron chi connectivity index (χ2n) is 5.25. The second kappa shape index (κ2) is 9.12. The molecular formula is C19H20N2O5. The number of rotatable bonds is 8. The predicted octanol–water partition coefficient (Wildman–Crippen LogP) is 2.22. The molecule has 0 atom stereocenters. The molecule has 2 amide bonds. The fourth-order valence-corrected chi connectivity index (χ4v) is 2.07. The number of primary amides is 1. The summed E-state index contributed by atoms with van der Waals surface area (Å²) in [5, 5.41) is 2.74. The Bertz CT molecular complexity index is 778. The topological polar surface area (TPSA) is 99.9 Å². The van der Waals surface area contributed by atoms with Gasteiger partial charge in [0.25, 0.3) is 5.91 Å². The van der Waals surface area contributed by atoms with Crippen molar-refractivity contribution in [3.05, 3.63) is 54.1 Å². The standard InChI is InChI=1S/C19H20N2O5/c1-24-16-9-14(10-17(11-16)25-2)21-19(23)8-5-13-3-6-15(7-4-13)26-12-18(20)22/h3-11H,12H2,1-2H3,(H2,20,22)(H,21,23). The minimum Gasteiger partial charge on any atom is -0.497 e. The van der Waals surface area contributed by atoms with Crippen molar-refractivity contribution in [2.24, 2.45) is 5.73 Å². The monoisotopic (exact) mass is 356 g/mol. The predicted molar refractivity (Wildman–Crippen MR) is 98.3 cm³/mol. The second-order valence-corrected chi connectivity index (χ2v) is 5.25. The van der Waals surface area contributed by atoms with Gasteiger partial charge >= 0.3 is 0 Å². The van der Waals surface area contributed by atoms with Gasteiger partial charge in [0.05, 0.1) is 14.2 Å². The van der Waals surface area contributed by atoms with Gasteiger partial charge in [0.2, 0.25) is 5.91 Å². The van der Waals surface area contributed by atoms with Crippen molar-refractivity contribution in [1.29, 1.82) is 0 Å². The zero-order chi connectivity index (χ0) is 18.9. The first-order valence-corrected chi connectivity index (χ1v) is 7.73. The molecule has 2 aromatic carbocycles. The lowest BCUT2D eigenvalue weighted by molar-refractivity contribution is -0.120. The van der Waals surface area contributed by atoms with Crippen molar-refractivity contribution in [2.75, 3.05) is 26.1 Å². The van der Waals surface area contributed by atoms with Crippen molar-refractivity contribution in [3.8, 4) is 17.2 Å². The summed E-state index contributed by atoms with van der Waals surface area (Å²) in [5.41, 5.74) is 6.38. The minimum atomic E-state index is -0.542. The number of carbonyl (C=O) groups excluding carboxylic acids is 2. The fraction of sp³-hybridized carbons (Fsp3) is 0.158. The van der Waals surface area contributed by atoms with Crippen LogP contribution in [0.2, 0.25) is 0 Å². The zero-order valence-corrected chi connectivity index (χ0v) is 14.5. The zero-order valence-electron chi connectivity index (χ0n) is 14.5. The third kappa shape index (κ3) is 5.86. The Labute approximate surface area is 151 Å². The first-order valence-electron chi connectivity index (χ1n) is 7.73. The van der Waals surface area contributed by atoms with Gasteiger partial charge in [-0.05, 0) is 23.8 Å². The van der Waals surface area contributed by atoms with Gasteiger partial charge in [-0.25, -0.2) is 0 Å². The lowest BCUT2D eigenvalue weighted by Gasteiger charge is -2.08. The van der Waals surface area contributed by atoms with Crippen molar-refractivity contribution in [3.63, 3.8) is 0 Å². The molecule has 26 heavy (non-hydrogen) atoms. The van der Waals surface area contributed by atoms with Crippen LogP contribution in [0.5, 0.6) is 17.2 Å². The number of carbonyl (C=O) groups is 2. The van der Waals surface area contributed by atoms with E-state index in [1.165, 1.54) is 20.3 Å². The normalized spacial score (nSPS) is 10.4. The largest absolute Gasteiger partial charge is 0.497 e. The SMILES string of the molecule is COc1cc(NC(=O)C=Cc2ccc(OCC(N)=O)cc2)cc(OC)c1. The maximum Gasteiger partial charge on any atom is 0.255 e. The number of anilines is 1. The molecule has 0 saturated carbocycles. The van der Waals surface area contributed by atoms with Crippen LogP contribution < -0.4 is 25.3 Å². The summed E-state index contributed by atoms with van der Waals surface area (Å²) in [5.74, 6) is 0.841. The van der Waals surface area contributed by atoms with Crippen molar-refractivity contribution in [2.45, 2.75) is 0 Å². The van der Waals surface area contributed by atoms with Crippen LogP contribution in [0, 0.1) is 0 Å². The highest BCUT2D eigenvalue weighted by Gasteiger charge is 2.04. The van der Waals surface area contributed by atoms with Crippen LogP contribution in [0.3, 0.4) is 0 Å². The fourth-order valence-electron chi connectivity index (χ4n) is 2.07. The summed E-state index contributed by atoms with van der Waals surface area (Å²) in [6.45, 7) is -0.179.